The Bertz CT molecular complexity index is 602. The number of nitrogens with two attached hydrogens (primary N) is 1. The molecule has 0 bridgehead atoms. The molecule has 0 aliphatic heterocycles. The largest absolute Gasteiger partial charge is 0.324 e. The standard InChI is InChI=1S/C14H12BrCl2NS/c1-8(18)9-2-5-13(11(15)6-9)19-14-7-10(16)3-4-12(14)17/h2-8H,18H2,1H3/t8-/m1/s1. The van der Waals surface area contributed by atoms with Crippen LogP contribution in [0.4, 0.5) is 0 Å². The van der Waals surface area contributed by atoms with Crippen molar-refractivity contribution in [1.82, 2.24) is 0 Å². The van der Waals surface area contributed by atoms with Crippen LogP contribution in [0.2, 0.25) is 10.0 Å². The highest BCUT2D eigenvalue weighted by atomic mass is 79.9. The molecule has 0 aliphatic carbocycles. The number of benzene rings is 2. The highest BCUT2D eigenvalue weighted by Gasteiger charge is 2.09. The average molecular weight is 377 g/mol. The molecule has 5 heteroatoms. The van der Waals surface area contributed by atoms with Gasteiger partial charge in [-0.05, 0) is 58.7 Å². The third kappa shape index (κ3) is 3.89. The maximum Gasteiger partial charge on any atom is 0.0546 e. The first-order chi connectivity index (χ1) is 8.97. The van der Waals surface area contributed by atoms with Crippen LogP contribution in [0.3, 0.4) is 0 Å². The van der Waals surface area contributed by atoms with Crippen molar-refractivity contribution < 1.29 is 0 Å². The summed E-state index contributed by atoms with van der Waals surface area (Å²) in [6.07, 6.45) is 0. The van der Waals surface area contributed by atoms with Gasteiger partial charge >= 0.3 is 0 Å². The van der Waals surface area contributed by atoms with Gasteiger partial charge in [0, 0.05) is 25.3 Å². The Hall–Kier alpha value is -0.190. The summed E-state index contributed by atoms with van der Waals surface area (Å²) in [7, 11) is 0. The summed E-state index contributed by atoms with van der Waals surface area (Å²) in [6.45, 7) is 1.96. The van der Waals surface area contributed by atoms with E-state index in [1.165, 1.54) is 0 Å². The highest BCUT2D eigenvalue weighted by Crippen LogP contribution is 2.39. The molecule has 1 nitrogen and oxygen atoms in total. The first-order valence-corrected chi connectivity index (χ1v) is 8.02. The Morgan fingerprint density at radius 3 is 2.47 bits per heavy atom. The third-order valence-electron chi connectivity index (χ3n) is 2.59. The molecule has 0 unspecified atom stereocenters. The Kier molecular flexibility index (Phi) is 5.21. The normalized spacial score (nSPS) is 12.5. The maximum atomic E-state index is 6.17. The smallest absolute Gasteiger partial charge is 0.0546 e. The molecule has 0 fully saturated rings. The van der Waals surface area contributed by atoms with Gasteiger partial charge in [0.15, 0.2) is 0 Å². The molecule has 0 aromatic heterocycles. The lowest BCUT2D eigenvalue weighted by molar-refractivity contribution is 0.815. The van der Waals surface area contributed by atoms with Gasteiger partial charge in [0.25, 0.3) is 0 Å². The Balaban J connectivity index is 2.31. The molecular weight excluding hydrogens is 365 g/mol. The van der Waals surface area contributed by atoms with Crippen molar-refractivity contribution in [2.45, 2.75) is 22.8 Å². The van der Waals surface area contributed by atoms with E-state index in [1.54, 1.807) is 23.9 Å². The van der Waals surface area contributed by atoms with Crippen LogP contribution >= 0.6 is 50.9 Å². The van der Waals surface area contributed by atoms with Crippen molar-refractivity contribution in [2.24, 2.45) is 5.73 Å². The molecule has 0 spiro atoms. The molecule has 2 N–H and O–H groups in total. The lowest BCUT2D eigenvalue weighted by atomic mass is 10.1. The second kappa shape index (κ2) is 6.51. The lowest BCUT2D eigenvalue weighted by Crippen LogP contribution is -2.04. The summed E-state index contributed by atoms with van der Waals surface area (Å²) in [6, 6.07) is 11.6. The SMILES string of the molecule is C[C@@H](N)c1ccc(Sc2cc(Cl)ccc2Cl)c(Br)c1. The molecular formula is C14H12BrCl2NS. The average Bonchev–Trinajstić information content (AvgIpc) is 2.36. The van der Waals surface area contributed by atoms with E-state index in [4.69, 9.17) is 28.9 Å². The van der Waals surface area contributed by atoms with E-state index >= 15 is 0 Å². The molecule has 0 amide bonds. The van der Waals surface area contributed by atoms with Gasteiger partial charge < -0.3 is 5.73 Å². The van der Waals surface area contributed by atoms with Crippen molar-refractivity contribution in [1.29, 1.82) is 0 Å². The number of halogens is 3. The fraction of sp³-hybridized carbons (Fsp3) is 0.143. The molecule has 0 heterocycles. The monoisotopic (exact) mass is 375 g/mol. The second-order valence-corrected chi connectivity index (χ2v) is 6.94. The van der Waals surface area contributed by atoms with E-state index in [0.29, 0.717) is 10.0 Å². The molecule has 0 radical (unpaired) electrons. The highest BCUT2D eigenvalue weighted by molar-refractivity contribution is 9.10. The van der Waals surface area contributed by atoms with Crippen molar-refractivity contribution in [3.05, 3.63) is 56.5 Å². The summed E-state index contributed by atoms with van der Waals surface area (Å²) in [5, 5.41) is 1.37. The molecule has 0 saturated carbocycles. The fourth-order valence-electron chi connectivity index (χ4n) is 1.56. The molecule has 19 heavy (non-hydrogen) atoms. The Labute approximate surface area is 135 Å². The van der Waals surface area contributed by atoms with Gasteiger partial charge in [0.1, 0.15) is 0 Å². The van der Waals surface area contributed by atoms with Crippen LogP contribution in [0.5, 0.6) is 0 Å². The quantitative estimate of drug-likeness (QED) is 0.718. The van der Waals surface area contributed by atoms with Gasteiger partial charge in [-0.3, -0.25) is 0 Å². The van der Waals surface area contributed by atoms with Crippen LogP contribution < -0.4 is 5.73 Å². The molecule has 2 aromatic carbocycles. The predicted octanol–water partition coefficient (Wildman–Crippen LogP) is 5.93. The van der Waals surface area contributed by atoms with Crippen molar-refractivity contribution >= 4 is 50.9 Å². The molecule has 100 valence electrons. The van der Waals surface area contributed by atoms with Crippen LogP contribution in [0, 0.1) is 0 Å². The number of hydrogen-bond acceptors (Lipinski definition) is 2. The summed E-state index contributed by atoms with van der Waals surface area (Å²) >= 11 is 17.3. The Morgan fingerprint density at radius 2 is 1.84 bits per heavy atom. The minimum atomic E-state index is 0.0186. The van der Waals surface area contributed by atoms with Crippen LogP contribution in [0.25, 0.3) is 0 Å². The van der Waals surface area contributed by atoms with E-state index in [-0.39, 0.29) is 6.04 Å². The summed E-state index contributed by atoms with van der Waals surface area (Å²) in [4.78, 5) is 2.01. The third-order valence-corrected chi connectivity index (χ3v) is 5.32. The van der Waals surface area contributed by atoms with Crippen molar-refractivity contribution in [3.8, 4) is 0 Å². The second-order valence-electron chi connectivity index (χ2n) is 4.16. The maximum absolute atomic E-state index is 6.17. The van der Waals surface area contributed by atoms with Crippen LogP contribution in [0.1, 0.15) is 18.5 Å². The minimum Gasteiger partial charge on any atom is -0.324 e. The lowest BCUT2D eigenvalue weighted by Gasteiger charge is -2.10. The topological polar surface area (TPSA) is 26.0 Å². The zero-order valence-electron chi connectivity index (χ0n) is 10.2. The van der Waals surface area contributed by atoms with Crippen LogP contribution in [0.15, 0.2) is 50.7 Å². The van der Waals surface area contributed by atoms with Gasteiger partial charge in [0.05, 0.1) is 5.02 Å². The van der Waals surface area contributed by atoms with Gasteiger partial charge in [0.2, 0.25) is 0 Å². The van der Waals surface area contributed by atoms with Gasteiger partial charge in [-0.1, -0.05) is 41.0 Å². The molecule has 2 rings (SSSR count). The first-order valence-electron chi connectivity index (χ1n) is 5.65. The predicted molar refractivity (Wildman–Crippen MR) is 87.3 cm³/mol. The van der Waals surface area contributed by atoms with Crippen LogP contribution in [-0.4, -0.2) is 0 Å². The first kappa shape index (κ1) is 15.2. The van der Waals surface area contributed by atoms with Crippen molar-refractivity contribution in [2.75, 3.05) is 0 Å². The molecule has 2 aromatic rings. The van der Waals surface area contributed by atoms with E-state index in [0.717, 1.165) is 19.8 Å². The van der Waals surface area contributed by atoms with E-state index < -0.39 is 0 Å². The fourth-order valence-corrected chi connectivity index (χ4v) is 3.55. The molecule has 1 atom stereocenters. The van der Waals surface area contributed by atoms with E-state index in [9.17, 15) is 0 Å². The van der Waals surface area contributed by atoms with Gasteiger partial charge in [-0.15, -0.1) is 0 Å². The van der Waals surface area contributed by atoms with Crippen LogP contribution in [-0.2, 0) is 0 Å². The van der Waals surface area contributed by atoms with Gasteiger partial charge in [-0.2, -0.15) is 0 Å². The summed E-state index contributed by atoms with van der Waals surface area (Å²) in [5.41, 5.74) is 6.95. The summed E-state index contributed by atoms with van der Waals surface area (Å²) in [5.74, 6) is 0. The molecule has 0 aliphatic rings. The Morgan fingerprint density at radius 1 is 1.11 bits per heavy atom. The zero-order chi connectivity index (χ0) is 14.0. The van der Waals surface area contributed by atoms with E-state index in [2.05, 4.69) is 15.9 Å². The number of rotatable bonds is 3. The van der Waals surface area contributed by atoms with E-state index in [1.807, 2.05) is 31.2 Å². The van der Waals surface area contributed by atoms with Crippen molar-refractivity contribution in [3.63, 3.8) is 0 Å². The zero-order valence-corrected chi connectivity index (χ0v) is 14.1. The minimum absolute atomic E-state index is 0.0186. The van der Waals surface area contributed by atoms with Gasteiger partial charge in [-0.25, -0.2) is 0 Å². The number of hydrogen-bond donors (Lipinski definition) is 1. The summed E-state index contributed by atoms with van der Waals surface area (Å²) < 4.78 is 1.00. The molecule has 0 saturated heterocycles.